The van der Waals surface area contributed by atoms with Crippen molar-refractivity contribution in [2.45, 2.75) is 86.3 Å². The van der Waals surface area contributed by atoms with Crippen LogP contribution >= 0.6 is 0 Å². The number of hydrogen-bond acceptors (Lipinski definition) is 7. The largest absolute Gasteiger partial charge is 0.497 e. The van der Waals surface area contributed by atoms with Crippen molar-refractivity contribution < 1.29 is 28.6 Å². The molecule has 0 unspecified atom stereocenters. The van der Waals surface area contributed by atoms with Crippen LogP contribution in [-0.2, 0) is 23.9 Å². The van der Waals surface area contributed by atoms with E-state index in [0.717, 1.165) is 18.7 Å². The van der Waals surface area contributed by atoms with Crippen LogP contribution in [0, 0.1) is 20.8 Å². The number of esters is 1. The molecule has 0 aliphatic carbocycles. The first-order valence-corrected chi connectivity index (χ1v) is 11.2. The maximum atomic E-state index is 11.3. The van der Waals surface area contributed by atoms with Crippen molar-refractivity contribution in [3.8, 4) is 5.75 Å². The van der Waals surface area contributed by atoms with Gasteiger partial charge in [0.05, 0.1) is 13.7 Å². The highest BCUT2D eigenvalue weighted by Crippen LogP contribution is 2.20. The molecule has 0 spiro atoms. The number of nitrogens with one attached hydrogen (secondary N) is 1. The van der Waals surface area contributed by atoms with Crippen LogP contribution in [0.25, 0.3) is 0 Å². The highest BCUT2D eigenvalue weighted by atomic mass is 16.6. The van der Waals surface area contributed by atoms with Gasteiger partial charge in [0.1, 0.15) is 18.0 Å². The second-order valence-corrected chi connectivity index (χ2v) is 8.22. The van der Waals surface area contributed by atoms with Gasteiger partial charge in [-0.3, -0.25) is 0 Å². The molecule has 1 fully saturated rings. The van der Waals surface area contributed by atoms with E-state index in [2.05, 4.69) is 38.2 Å². The molecule has 0 aromatic heterocycles. The molecule has 1 atom stereocenters. The lowest BCUT2D eigenvalue weighted by Crippen LogP contribution is -2.38. The normalized spacial score (nSPS) is 14.7. The Hall–Kier alpha value is -2.21. The Labute approximate surface area is 194 Å². The third kappa shape index (κ3) is 16.5. The second-order valence-electron chi connectivity index (χ2n) is 8.22. The van der Waals surface area contributed by atoms with Crippen LogP contribution in [0.1, 0.15) is 70.6 Å². The molecular weight excluding hydrogens is 410 g/mol. The van der Waals surface area contributed by atoms with E-state index in [-0.39, 0.29) is 18.7 Å². The third-order valence-electron chi connectivity index (χ3n) is 4.51. The van der Waals surface area contributed by atoms with Crippen LogP contribution < -0.4 is 10.1 Å². The predicted molar refractivity (Wildman–Crippen MR) is 126 cm³/mol. The quantitative estimate of drug-likeness (QED) is 0.654. The van der Waals surface area contributed by atoms with Gasteiger partial charge in [0.15, 0.2) is 0 Å². The average molecular weight is 454 g/mol. The molecule has 1 aromatic rings. The zero-order valence-corrected chi connectivity index (χ0v) is 21.4. The summed E-state index contributed by atoms with van der Waals surface area (Å²) in [5, 5.41) is 3.36. The van der Waals surface area contributed by atoms with Crippen molar-refractivity contribution >= 4 is 12.1 Å². The van der Waals surface area contributed by atoms with Gasteiger partial charge < -0.3 is 19.5 Å². The van der Waals surface area contributed by atoms with Gasteiger partial charge in [-0.05, 0) is 89.8 Å². The fourth-order valence-electron chi connectivity index (χ4n) is 2.84. The van der Waals surface area contributed by atoms with Crippen LogP contribution in [0.3, 0.4) is 0 Å². The summed E-state index contributed by atoms with van der Waals surface area (Å²) in [5.74, 6) is 0.661. The molecule has 0 radical (unpaired) electrons. The number of ether oxygens (including phenoxy) is 3. The van der Waals surface area contributed by atoms with Crippen molar-refractivity contribution in [3.05, 3.63) is 28.8 Å². The Balaban J connectivity index is 0. The highest BCUT2D eigenvalue weighted by molar-refractivity contribution is 5.71. The average Bonchev–Trinajstić information content (AvgIpc) is 2.73. The summed E-state index contributed by atoms with van der Waals surface area (Å²) in [5.41, 5.74) is 3.51. The maximum Gasteiger partial charge on any atom is 0.373 e. The molecule has 1 aliphatic rings. The molecular formula is C25H43NO6. The molecule has 1 aromatic carbocycles. The third-order valence-corrected chi connectivity index (χ3v) is 4.51. The lowest BCUT2D eigenvalue weighted by molar-refractivity contribution is -0.191. The molecule has 0 bridgehead atoms. The van der Waals surface area contributed by atoms with Gasteiger partial charge in [0, 0.05) is 6.04 Å². The van der Waals surface area contributed by atoms with E-state index >= 15 is 0 Å². The minimum absolute atomic E-state index is 0.0510. The lowest BCUT2D eigenvalue weighted by Gasteiger charge is -2.23. The van der Waals surface area contributed by atoms with E-state index < -0.39 is 5.60 Å². The Morgan fingerprint density at radius 3 is 2.03 bits per heavy atom. The Bertz CT molecular complexity index is 646. The zero-order chi connectivity index (χ0) is 25.2. The number of carbonyl (C=O) groups excluding carboxylic acids is 3. The molecule has 184 valence electrons. The summed E-state index contributed by atoms with van der Waals surface area (Å²) in [6, 6.07) is 4.51. The summed E-state index contributed by atoms with van der Waals surface area (Å²) in [6.07, 6.45) is 3.87. The molecule has 1 saturated heterocycles. The van der Waals surface area contributed by atoms with E-state index in [1.54, 1.807) is 7.11 Å². The summed E-state index contributed by atoms with van der Waals surface area (Å²) < 4.78 is 15.6. The second kappa shape index (κ2) is 18.4. The van der Waals surface area contributed by atoms with Crippen molar-refractivity contribution in [2.24, 2.45) is 0 Å². The van der Waals surface area contributed by atoms with Crippen molar-refractivity contribution in [2.75, 3.05) is 26.9 Å². The summed E-state index contributed by atoms with van der Waals surface area (Å²) >= 11 is 0. The number of hydrogen-bond donors (Lipinski definition) is 1. The monoisotopic (exact) mass is 453 g/mol. The Morgan fingerprint density at radius 2 is 1.62 bits per heavy atom. The smallest absolute Gasteiger partial charge is 0.373 e. The molecule has 2 rings (SSSR count). The SMILES string of the molecule is CC.CC(C)(C)OC(=O)COC[C@@H]1CCCCN1.COc1cc(C)c(C)c(C)c1.O=C=O. The standard InChI is InChI=1S/C12H23NO3.C10H14O.C2H6.CO2/c1-12(2,3)16-11(14)9-15-8-10-6-4-5-7-13-10;1-7-5-10(11-4)6-8(2)9(7)3;1-2;2-1-3/h10,13H,4-9H2,1-3H3;5-6H,1-4H3;1-2H3;/t10-;;;/m0.../s1. The van der Waals surface area contributed by atoms with Crippen LogP contribution in [-0.4, -0.2) is 50.6 Å². The molecule has 1 N–H and O–H groups in total. The van der Waals surface area contributed by atoms with Crippen LogP contribution in [0.5, 0.6) is 5.75 Å². The number of methoxy groups -OCH3 is 1. The van der Waals surface area contributed by atoms with Gasteiger partial charge in [-0.2, -0.15) is 9.59 Å². The molecule has 0 amide bonds. The first kappa shape index (κ1) is 32.0. The number of aryl methyl sites for hydroxylation is 2. The van der Waals surface area contributed by atoms with E-state index in [1.807, 2.05) is 34.6 Å². The predicted octanol–water partition coefficient (Wildman–Crippen LogP) is 4.55. The van der Waals surface area contributed by atoms with Crippen molar-refractivity contribution in [1.29, 1.82) is 0 Å². The number of carbonyl (C=O) groups is 1. The number of benzene rings is 1. The van der Waals surface area contributed by atoms with E-state index in [0.29, 0.717) is 12.6 Å². The molecule has 7 nitrogen and oxygen atoms in total. The zero-order valence-electron chi connectivity index (χ0n) is 21.4. The summed E-state index contributed by atoms with van der Waals surface area (Å²) in [6.45, 7) is 17.6. The maximum absolute atomic E-state index is 11.3. The fraction of sp³-hybridized carbons (Fsp3) is 0.680. The first-order chi connectivity index (χ1) is 15.0. The van der Waals surface area contributed by atoms with E-state index in [1.165, 1.54) is 29.5 Å². The van der Waals surface area contributed by atoms with Gasteiger partial charge in [-0.25, -0.2) is 4.79 Å². The fourth-order valence-corrected chi connectivity index (χ4v) is 2.84. The lowest BCUT2D eigenvalue weighted by atomic mass is 10.0. The molecule has 1 aliphatic heterocycles. The minimum atomic E-state index is -0.427. The molecule has 32 heavy (non-hydrogen) atoms. The first-order valence-electron chi connectivity index (χ1n) is 11.2. The van der Waals surface area contributed by atoms with Gasteiger partial charge >= 0.3 is 12.1 Å². The topological polar surface area (TPSA) is 90.9 Å². The van der Waals surface area contributed by atoms with Gasteiger partial charge in [-0.1, -0.05) is 20.3 Å². The highest BCUT2D eigenvalue weighted by Gasteiger charge is 2.17. The van der Waals surface area contributed by atoms with Crippen LogP contribution in [0.15, 0.2) is 12.1 Å². The van der Waals surface area contributed by atoms with Gasteiger partial charge in [0.2, 0.25) is 0 Å². The molecule has 0 saturated carbocycles. The van der Waals surface area contributed by atoms with Crippen molar-refractivity contribution in [1.82, 2.24) is 5.32 Å². The number of piperidine rings is 1. The van der Waals surface area contributed by atoms with Gasteiger partial charge in [-0.15, -0.1) is 0 Å². The van der Waals surface area contributed by atoms with E-state index in [4.69, 9.17) is 23.8 Å². The summed E-state index contributed by atoms with van der Waals surface area (Å²) in [7, 11) is 1.70. The van der Waals surface area contributed by atoms with Crippen LogP contribution in [0.2, 0.25) is 0 Å². The molecule has 1 heterocycles. The van der Waals surface area contributed by atoms with E-state index in [9.17, 15) is 4.79 Å². The minimum Gasteiger partial charge on any atom is -0.497 e. The van der Waals surface area contributed by atoms with Gasteiger partial charge in [0.25, 0.3) is 0 Å². The number of rotatable bonds is 5. The molecule has 7 heteroatoms. The van der Waals surface area contributed by atoms with Crippen LogP contribution in [0.4, 0.5) is 0 Å². The Morgan fingerprint density at radius 1 is 1.09 bits per heavy atom. The Kier molecular flexibility index (Phi) is 18.4. The summed E-state index contributed by atoms with van der Waals surface area (Å²) in [4.78, 5) is 27.6. The van der Waals surface area contributed by atoms with Crippen molar-refractivity contribution in [3.63, 3.8) is 0 Å².